The Kier molecular flexibility index (Phi) is 7.06. The predicted molar refractivity (Wildman–Crippen MR) is 120 cm³/mol. The SMILES string of the molecule is CC(C)[C@H](NC(=O)[C@@H](NC(=O)CC1C2CC3CC(C2)CC1C3)c1ccccc1)C(=O)C(F)(F)F. The Labute approximate surface area is 198 Å². The van der Waals surface area contributed by atoms with E-state index in [1.807, 2.05) is 0 Å². The van der Waals surface area contributed by atoms with Crippen molar-refractivity contribution < 1.29 is 27.6 Å². The molecule has 4 bridgehead atoms. The largest absolute Gasteiger partial charge is 0.452 e. The number of hydrogen-bond acceptors (Lipinski definition) is 3. The number of alkyl halides is 3. The monoisotopic (exact) mass is 478 g/mol. The van der Waals surface area contributed by atoms with Gasteiger partial charge in [-0.05, 0) is 73.2 Å². The van der Waals surface area contributed by atoms with Crippen LogP contribution in [0.1, 0.15) is 64.0 Å². The van der Waals surface area contributed by atoms with Crippen molar-refractivity contribution in [3.63, 3.8) is 0 Å². The van der Waals surface area contributed by atoms with Crippen molar-refractivity contribution in [1.29, 1.82) is 0 Å². The van der Waals surface area contributed by atoms with Crippen molar-refractivity contribution in [3.05, 3.63) is 35.9 Å². The minimum absolute atomic E-state index is 0.273. The summed E-state index contributed by atoms with van der Waals surface area (Å²) < 4.78 is 39.2. The average molecular weight is 479 g/mol. The Balaban J connectivity index is 1.47. The summed E-state index contributed by atoms with van der Waals surface area (Å²) in [5, 5.41) is 5.03. The van der Waals surface area contributed by atoms with Crippen molar-refractivity contribution in [2.75, 3.05) is 0 Å². The molecule has 0 saturated heterocycles. The fourth-order valence-electron chi connectivity index (χ4n) is 6.70. The maximum Gasteiger partial charge on any atom is 0.452 e. The third-order valence-electron chi connectivity index (χ3n) is 8.07. The predicted octanol–water partition coefficient (Wildman–Crippen LogP) is 4.58. The molecule has 8 heteroatoms. The van der Waals surface area contributed by atoms with Gasteiger partial charge in [0.25, 0.3) is 5.78 Å². The van der Waals surface area contributed by atoms with Crippen LogP contribution in [-0.2, 0) is 14.4 Å². The number of ketones is 1. The molecule has 0 spiro atoms. The van der Waals surface area contributed by atoms with Gasteiger partial charge in [-0.3, -0.25) is 14.4 Å². The van der Waals surface area contributed by atoms with Gasteiger partial charge in [-0.2, -0.15) is 13.2 Å². The second-order valence-electron chi connectivity index (χ2n) is 10.8. The third-order valence-corrected chi connectivity index (χ3v) is 8.07. The summed E-state index contributed by atoms with van der Waals surface area (Å²) in [6.45, 7) is 2.88. The summed E-state index contributed by atoms with van der Waals surface area (Å²) in [5.74, 6) is -0.914. The molecule has 0 aliphatic heterocycles. The van der Waals surface area contributed by atoms with Gasteiger partial charge in [-0.1, -0.05) is 44.2 Å². The van der Waals surface area contributed by atoms with E-state index in [9.17, 15) is 27.6 Å². The van der Waals surface area contributed by atoms with Crippen molar-refractivity contribution in [1.82, 2.24) is 10.6 Å². The van der Waals surface area contributed by atoms with Gasteiger partial charge in [-0.15, -0.1) is 0 Å². The number of halogens is 3. The first-order chi connectivity index (χ1) is 16.0. The average Bonchev–Trinajstić information content (AvgIpc) is 2.77. The van der Waals surface area contributed by atoms with Crippen LogP contribution in [0.25, 0.3) is 0 Å². The molecule has 4 aliphatic carbocycles. The number of nitrogens with one attached hydrogen (secondary N) is 2. The third kappa shape index (κ3) is 5.31. The molecule has 1 aromatic rings. The van der Waals surface area contributed by atoms with E-state index < -0.39 is 35.9 Å². The van der Waals surface area contributed by atoms with Crippen LogP contribution in [0.15, 0.2) is 30.3 Å². The Morgan fingerprint density at radius 1 is 0.912 bits per heavy atom. The molecule has 0 heterocycles. The molecule has 34 heavy (non-hydrogen) atoms. The van der Waals surface area contributed by atoms with E-state index in [1.165, 1.54) is 46.0 Å². The van der Waals surface area contributed by atoms with Crippen molar-refractivity contribution in [2.24, 2.45) is 35.5 Å². The van der Waals surface area contributed by atoms with Crippen LogP contribution in [0.4, 0.5) is 13.2 Å². The van der Waals surface area contributed by atoms with Crippen molar-refractivity contribution >= 4 is 17.6 Å². The van der Waals surface area contributed by atoms with Crippen molar-refractivity contribution in [3.8, 4) is 0 Å². The molecule has 186 valence electrons. The van der Waals surface area contributed by atoms with Gasteiger partial charge in [0.15, 0.2) is 0 Å². The Morgan fingerprint density at radius 3 is 1.97 bits per heavy atom. The molecular weight excluding hydrogens is 445 g/mol. The summed E-state index contributed by atoms with van der Waals surface area (Å²) >= 11 is 0. The Hall–Kier alpha value is -2.38. The van der Waals surface area contributed by atoms with E-state index in [4.69, 9.17) is 0 Å². The molecule has 0 unspecified atom stereocenters. The topological polar surface area (TPSA) is 75.3 Å². The molecule has 4 fully saturated rings. The highest BCUT2D eigenvalue weighted by molar-refractivity contribution is 5.95. The lowest BCUT2D eigenvalue weighted by Gasteiger charge is -2.54. The number of benzene rings is 1. The molecule has 2 amide bonds. The van der Waals surface area contributed by atoms with Crippen LogP contribution >= 0.6 is 0 Å². The molecule has 2 N–H and O–H groups in total. The van der Waals surface area contributed by atoms with Gasteiger partial charge in [0.05, 0.1) is 6.04 Å². The second kappa shape index (κ2) is 9.70. The highest BCUT2D eigenvalue weighted by atomic mass is 19.4. The minimum Gasteiger partial charge on any atom is -0.344 e. The van der Waals surface area contributed by atoms with E-state index in [1.54, 1.807) is 30.3 Å². The quantitative estimate of drug-likeness (QED) is 0.574. The molecular formula is C26H33F3N2O3. The van der Waals surface area contributed by atoms with Crippen LogP contribution in [0, 0.1) is 35.5 Å². The van der Waals surface area contributed by atoms with Crippen LogP contribution in [-0.4, -0.2) is 29.8 Å². The van der Waals surface area contributed by atoms with E-state index >= 15 is 0 Å². The maximum absolute atomic E-state index is 13.1. The zero-order valence-electron chi connectivity index (χ0n) is 19.6. The van der Waals surface area contributed by atoms with Gasteiger partial charge in [0.2, 0.25) is 11.8 Å². The Bertz CT molecular complexity index is 888. The van der Waals surface area contributed by atoms with Crippen LogP contribution in [0.3, 0.4) is 0 Å². The van der Waals surface area contributed by atoms with Crippen LogP contribution in [0.2, 0.25) is 0 Å². The first-order valence-electron chi connectivity index (χ1n) is 12.3. The lowest BCUT2D eigenvalue weighted by atomic mass is 9.51. The number of rotatable bonds is 8. The van der Waals surface area contributed by atoms with Gasteiger partial charge < -0.3 is 10.6 Å². The summed E-state index contributed by atoms with van der Waals surface area (Å²) in [6.07, 6.45) is 1.25. The number of carbonyl (C=O) groups excluding carboxylic acids is 3. The number of Topliss-reactive ketones (excluding diaryl/α,β-unsaturated/α-hetero) is 1. The second-order valence-corrected chi connectivity index (χ2v) is 10.8. The molecule has 5 nitrogen and oxygen atoms in total. The normalized spacial score (nSPS) is 29.5. The standard InChI is InChI=1S/C26H33F3N2O3/c1-14(2)22(24(33)26(27,28)29)31-25(34)23(17-6-4-3-5-7-17)30-21(32)13-20-18-9-15-8-16(11-18)12-19(20)10-15/h3-7,14-16,18-20,22-23H,8-13H2,1-2H3,(H,30,32)(H,31,34)/t15?,16?,18?,19?,20?,22-,23-/m0/s1. The van der Waals surface area contributed by atoms with Crippen LogP contribution < -0.4 is 10.6 Å². The molecule has 2 atom stereocenters. The van der Waals surface area contributed by atoms with Crippen LogP contribution in [0.5, 0.6) is 0 Å². The van der Waals surface area contributed by atoms with Gasteiger partial charge in [-0.25, -0.2) is 0 Å². The molecule has 0 radical (unpaired) electrons. The summed E-state index contributed by atoms with van der Waals surface area (Å²) in [7, 11) is 0. The maximum atomic E-state index is 13.1. The molecule has 1 aromatic carbocycles. The molecule has 4 saturated carbocycles. The zero-order valence-corrected chi connectivity index (χ0v) is 19.6. The van der Waals surface area contributed by atoms with E-state index in [0.717, 1.165) is 11.8 Å². The van der Waals surface area contributed by atoms with Gasteiger partial charge >= 0.3 is 6.18 Å². The van der Waals surface area contributed by atoms with E-state index in [-0.39, 0.29) is 5.91 Å². The number of amides is 2. The highest BCUT2D eigenvalue weighted by Gasteiger charge is 2.49. The molecule has 0 aromatic heterocycles. The minimum atomic E-state index is -5.06. The van der Waals surface area contributed by atoms with E-state index in [2.05, 4.69) is 10.6 Å². The van der Waals surface area contributed by atoms with Gasteiger partial charge in [0.1, 0.15) is 6.04 Å². The smallest absolute Gasteiger partial charge is 0.344 e. The first-order valence-corrected chi connectivity index (χ1v) is 12.3. The molecule has 5 rings (SSSR count). The zero-order chi connectivity index (χ0) is 24.6. The lowest BCUT2D eigenvalue weighted by Crippen LogP contribution is -2.53. The number of hydrogen-bond donors (Lipinski definition) is 2. The summed E-state index contributed by atoms with van der Waals surface area (Å²) in [5.41, 5.74) is 0.459. The highest BCUT2D eigenvalue weighted by Crippen LogP contribution is 2.57. The molecule has 4 aliphatic rings. The summed E-state index contributed by atoms with van der Waals surface area (Å²) in [6, 6.07) is 5.53. The fourth-order valence-corrected chi connectivity index (χ4v) is 6.70. The lowest BCUT2D eigenvalue weighted by molar-refractivity contribution is -0.175. The van der Waals surface area contributed by atoms with Gasteiger partial charge in [0, 0.05) is 6.42 Å². The van der Waals surface area contributed by atoms with Crippen molar-refractivity contribution in [2.45, 2.75) is 70.6 Å². The van der Waals surface area contributed by atoms with E-state index in [0.29, 0.717) is 29.7 Å². The number of carbonyl (C=O) groups is 3. The summed E-state index contributed by atoms with van der Waals surface area (Å²) in [4.78, 5) is 38.1. The Morgan fingerprint density at radius 2 is 1.47 bits per heavy atom. The first kappa shape index (κ1) is 24.7. The fraction of sp³-hybridized carbons (Fsp3) is 0.654.